The van der Waals surface area contributed by atoms with Crippen molar-refractivity contribution in [2.75, 3.05) is 26.4 Å². The Bertz CT molecular complexity index is 324. The highest BCUT2D eigenvalue weighted by Crippen LogP contribution is 2.42. The van der Waals surface area contributed by atoms with Crippen molar-refractivity contribution in [3.8, 4) is 0 Å². The van der Waals surface area contributed by atoms with Gasteiger partial charge in [0.2, 0.25) is 0 Å². The van der Waals surface area contributed by atoms with Gasteiger partial charge in [-0.1, -0.05) is 6.42 Å². The Morgan fingerprint density at radius 1 is 0.917 bits per heavy atom. The standard InChI is InChI=1S/C15H30O8Si/c1-4-16-21-24(22-17-5-2,23-18-6-3)19-12-8-10-13-9-7-11-14-15(13)20-14/h13-15H,4-12H2,1-3H3. The first-order valence-electron chi connectivity index (χ1n) is 8.96. The normalized spacial score (nSPS) is 26.4. The minimum Gasteiger partial charge on any atom is -0.369 e. The Labute approximate surface area is 144 Å². The summed E-state index contributed by atoms with van der Waals surface area (Å²) in [6, 6.07) is 0. The Hall–Kier alpha value is -0.103. The Kier molecular flexibility index (Phi) is 9.09. The van der Waals surface area contributed by atoms with Crippen molar-refractivity contribution in [3.05, 3.63) is 0 Å². The zero-order chi connectivity index (χ0) is 17.3. The van der Waals surface area contributed by atoms with Gasteiger partial charge in [0.1, 0.15) is 0 Å². The topological polar surface area (TPSA) is 77.1 Å². The molecule has 0 bridgehead atoms. The van der Waals surface area contributed by atoms with Crippen LogP contribution in [0, 0.1) is 5.92 Å². The molecule has 8 nitrogen and oxygen atoms in total. The van der Waals surface area contributed by atoms with Crippen LogP contribution in [0.15, 0.2) is 0 Å². The molecule has 0 aromatic rings. The molecule has 24 heavy (non-hydrogen) atoms. The molecule has 1 heterocycles. The van der Waals surface area contributed by atoms with E-state index in [1.807, 2.05) is 0 Å². The van der Waals surface area contributed by atoms with Crippen LogP contribution in [0.4, 0.5) is 0 Å². The van der Waals surface area contributed by atoms with Crippen LogP contribution >= 0.6 is 0 Å². The van der Waals surface area contributed by atoms with Crippen molar-refractivity contribution in [2.24, 2.45) is 5.92 Å². The van der Waals surface area contributed by atoms with E-state index in [2.05, 4.69) is 0 Å². The smallest absolute Gasteiger partial charge is 0.369 e. The summed E-state index contributed by atoms with van der Waals surface area (Å²) < 4.78 is 27.0. The molecule has 0 aromatic heterocycles. The number of hydrogen-bond donors (Lipinski definition) is 0. The van der Waals surface area contributed by atoms with Crippen LogP contribution in [0.2, 0.25) is 0 Å². The largest absolute Gasteiger partial charge is 0.764 e. The Morgan fingerprint density at radius 2 is 1.54 bits per heavy atom. The van der Waals surface area contributed by atoms with E-state index in [1.54, 1.807) is 20.8 Å². The van der Waals surface area contributed by atoms with Gasteiger partial charge in [-0.25, -0.2) is 14.7 Å². The van der Waals surface area contributed by atoms with E-state index in [-0.39, 0.29) is 0 Å². The fourth-order valence-corrected chi connectivity index (χ4v) is 4.32. The maximum Gasteiger partial charge on any atom is 0.764 e. The van der Waals surface area contributed by atoms with Crippen molar-refractivity contribution >= 4 is 9.05 Å². The second-order valence-corrected chi connectivity index (χ2v) is 7.58. The van der Waals surface area contributed by atoms with Gasteiger partial charge in [0, 0.05) is 6.61 Å². The molecule has 0 spiro atoms. The second kappa shape index (κ2) is 10.8. The molecule has 3 atom stereocenters. The van der Waals surface area contributed by atoms with E-state index in [9.17, 15) is 0 Å². The van der Waals surface area contributed by atoms with E-state index in [4.69, 9.17) is 37.6 Å². The Morgan fingerprint density at radius 3 is 2.12 bits per heavy atom. The van der Waals surface area contributed by atoms with Crippen LogP contribution in [0.5, 0.6) is 0 Å². The molecule has 0 radical (unpaired) electrons. The van der Waals surface area contributed by atoms with Crippen molar-refractivity contribution in [3.63, 3.8) is 0 Å². The summed E-state index contributed by atoms with van der Waals surface area (Å²) in [7, 11) is -3.65. The quantitative estimate of drug-likeness (QED) is 0.153. The van der Waals surface area contributed by atoms with E-state index >= 15 is 0 Å². The minimum absolute atomic E-state index is 0.325. The first kappa shape index (κ1) is 20.2. The lowest BCUT2D eigenvalue weighted by atomic mass is 9.86. The molecule has 9 heteroatoms. The van der Waals surface area contributed by atoms with Crippen molar-refractivity contribution < 1.29 is 37.6 Å². The average molecular weight is 366 g/mol. The summed E-state index contributed by atoms with van der Waals surface area (Å²) >= 11 is 0. The van der Waals surface area contributed by atoms with Gasteiger partial charge in [0.05, 0.1) is 32.0 Å². The molecule has 0 N–H and O–H groups in total. The Balaban J connectivity index is 1.76. The number of ether oxygens (including phenoxy) is 1. The molecule has 1 saturated heterocycles. The molecule has 1 aliphatic heterocycles. The third kappa shape index (κ3) is 6.32. The van der Waals surface area contributed by atoms with Crippen LogP contribution in [-0.2, 0) is 37.6 Å². The first-order chi connectivity index (χ1) is 11.7. The highest BCUT2D eigenvalue weighted by atomic mass is 28.4. The summed E-state index contributed by atoms with van der Waals surface area (Å²) in [5.41, 5.74) is 0. The molecule has 1 aliphatic carbocycles. The van der Waals surface area contributed by atoms with Gasteiger partial charge in [0.25, 0.3) is 0 Å². The number of hydrogen-bond acceptors (Lipinski definition) is 8. The van der Waals surface area contributed by atoms with Crippen LogP contribution in [0.1, 0.15) is 52.9 Å². The summed E-state index contributed by atoms with van der Waals surface area (Å²) in [6.07, 6.45) is 6.54. The molecule has 2 rings (SSSR count). The van der Waals surface area contributed by atoms with E-state index in [0.29, 0.717) is 44.6 Å². The predicted octanol–water partition coefficient (Wildman–Crippen LogP) is 2.69. The molecular formula is C15H30O8Si. The SMILES string of the molecule is CCOO[Si](OCCCC1CCCC2OC12)(OOCC)OOCC. The van der Waals surface area contributed by atoms with Gasteiger partial charge in [-0.3, -0.25) is 0 Å². The van der Waals surface area contributed by atoms with Crippen LogP contribution in [0.25, 0.3) is 0 Å². The molecule has 0 aromatic carbocycles. The lowest BCUT2D eigenvalue weighted by Crippen LogP contribution is -2.49. The molecule has 1 saturated carbocycles. The van der Waals surface area contributed by atoms with Crippen molar-refractivity contribution in [1.29, 1.82) is 0 Å². The number of rotatable bonds is 14. The van der Waals surface area contributed by atoms with Gasteiger partial charge < -0.3 is 9.16 Å². The zero-order valence-electron chi connectivity index (χ0n) is 14.9. The van der Waals surface area contributed by atoms with Crippen molar-refractivity contribution in [2.45, 2.75) is 65.1 Å². The summed E-state index contributed by atoms with van der Waals surface area (Å²) in [5, 5.41) is 0. The monoisotopic (exact) mass is 366 g/mol. The van der Waals surface area contributed by atoms with E-state index in [0.717, 1.165) is 12.8 Å². The average Bonchev–Trinajstić information content (AvgIpc) is 3.40. The van der Waals surface area contributed by atoms with Gasteiger partial charge in [-0.05, 0) is 52.4 Å². The second-order valence-electron chi connectivity index (χ2n) is 5.79. The first-order valence-corrected chi connectivity index (χ1v) is 10.6. The van der Waals surface area contributed by atoms with Gasteiger partial charge in [0.15, 0.2) is 0 Å². The molecule has 0 amide bonds. The van der Waals surface area contributed by atoms with Gasteiger partial charge in [-0.2, -0.15) is 13.7 Å². The number of fused-ring (bicyclic) bond motifs is 1. The highest BCUT2D eigenvalue weighted by molar-refractivity contribution is 6.52. The predicted molar refractivity (Wildman–Crippen MR) is 85.1 cm³/mol. The summed E-state index contributed by atoms with van der Waals surface area (Å²) in [4.78, 5) is 14.9. The molecular weight excluding hydrogens is 336 g/mol. The van der Waals surface area contributed by atoms with Gasteiger partial charge >= 0.3 is 9.05 Å². The van der Waals surface area contributed by atoms with Crippen LogP contribution in [0.3, 0.4) is 0 Å². The van der Waals surface area contributed by atoms with Crippen LogP contribution in [-0.4, -0.2) is 47.7 Å². The van der Waals surface area contributed by atoms with Gasteiger partial charge in [-0.15, -0.1) is 0 Å². The van der Waals surface area contributed by atoms with E-state index in [1.165, 1.54) is 19.3 Å². The summed E-state index contributed by atoms with van der Waals surface area (Å²) in [5.74, 6) is 0.622. The molecule has 3 unspecified atom stereocenters. The zero-order valence-corrected chi connectivity index (χ0v) is 15.9. The fourth-order valence-electron chi connectivity index (χ4n) is 2.91. The molecule has 142 valence electrons. The number of epoxide rings is 1. The summed E-state index contributed by atoms with van der Waals surface area (Å²) in [6.45, 7) is 6.75. The maximum atomic E-state index is 5.73. The minimum atomic E-state index is -3.65. The lowest BCUT2D eigenvalue weighted by Gasteiger charge is -2.24. The highest BCUT2D eigenvalue weighted by Gasteiger charge is 2.52. The van der Waals surface area contributed by atoms with Crippen molar-refractivity contribution in [1.82, 2.24) is 0 Å². The maximum absolute atomic E-state index is 5.73. The lowest BCUT2D eigenvalue weighted by molar-refractivity contribution is -0.385. The molecule has 2 aliphatic rings. The molecule has 2 fully saturated rings. The van der Waals surface area contributed by atoms with Crippen LogP contribution < -0.4 is 0 Å². The fraction of sp³-hybridized carbons (Fsp3) is 1.00. The third-order valence-corrected chi connectivity index (χ3v) is 5.51. The van der Waals surface area contributed by atoms with E-state index < -0.39 is 9.05 Å². The third-order valence-electron chi connectivity index (χ3n) is 3.98.